The fraction of sp³-hybridized carbons (Fsp3) is 0.611. The number of hydrogen-bond donors (Lipinski definition) is 2. The zero-order chi connectivity index (χ0) is 15.2. The van der Waals surface area contributed by atoms with Crippen molar-refractivity contribution in [1.29, 1.82) is 0 Å². The van der Waals surface area contributed by atoms with Gasteiger partial charge in [0.2, 0.25) is 5.91 Å². The average Bonchev–Trinajstić information content (AvgIpc) is 2.52. The molecule has 3 atom stereocenters. The summed E-state index contributed by atoms with van der Waals surface area (Å²) in [4.78, 5) is 12.7. The molecule has 3 unspecified atom stereocenters. The molecule has 0 spiro atoms. The lowest BCUT2D eigenvalue weighted by atomic mass is 9.78. The van der Waals surface area contributed by atoms with Crippen LogP contribution in [-0.4, -0.2) is 12.5 Å². The molecule has 1 aliphatic carbocycles. The Balaban J connectivity index is 2.08. The third-order valence-corrected chi connectivity index (χ3v) is 4.67. The van der Waals surface area contributed by atoms with Gasteiger partial charge in [0.15, 0.2) is 0 Å². The van der Waals surface area contributed by atoms with E-state index >= 15 is 0 Å². The van der Waals surface area contributed by atoms with Crippen molar-refractivity contribution in [2.75, 3.05) is 6.54 Å². The van der Waals surface area contributed by atoms with Crippen LogP contribution in [0.5, 0.6) is 0 Å². The van der Waals surface area contributed by atoms with E-state index in [2.05, 4.69) is 31.3 Å². The summed E-state index contributed by atoms with van der Waals surface area (Å²) in [5.41, 5.74) is 7.03. The zero-order valence-electron chi connectivity index (χ0n) is 13.2. The maximum Gasteiger partial charge on any atom is 0.223 e. The molecule has 3 N–H and O–H groups in total. The van der Waals surface area contributed by atoms with Crippen LogP contribution in [0, 0.1) is 17.8 Å². The summed E-state index contributed by atoms with van der Waals surface area (Å²) in [6.45, 7) is 4.92. The van der Waals surface area contributed by atoms with Crippen molar-refractivity contribution in [1.82, 2.24) is 5.32 Å². The van der Waals surface area contributed by atoms with Gasteiger partial charge in [-0.2, -0.15) is 0 Å². The lowest BCUT2D eigenvalue weighted by molar-refractivity contribution is -0.128. The summed E-state index contributed by atoms with van der Waals surface area (Å²) in [6.07, 6.45) is 4.42. The number of nitrogens with two attached hydrogens (primary N) is 1. The Labute approximate surface area is 128 Å². The first-order chi connectivity index (χ1) is 10.1. The van der Waals surface area contributed by atoms with Crippen molar-refractivity contribution in [2.24, 2.45) is 23.5 Å². The van der Waals surface area contributed by atoms with Crippen LogP contribution >= 0.6 is 0 Å². The van der Waals surface area contributed by atoms with E-state index in [1.54, 1.807) is 0 Å². The molecule has 116 valence electrons. The number of hydrogen-bond acceptors (Lipinski definition) is 2. The molecule has 3 heteroatoms. The first kappa shape index (κ1) is 16.0. The average molecular weight is 288 g/mol. The summed E-state index contributed by atoms with van der Waals surface area (Å²) in [5.74, 6) is 1.00. The number of carbonyl (C=O) groups is 1. The monoisotopic (exact) mass is 288 g/mol. The molecule has 2 rings (SSSR count). The fourth-order valence-electron chi connectivity index (χ4n) is 3.39. The Morgan fingerprint density at radius 3 is 2.52 bits per heavy atom. The van der Waals surface area contributed by atoms with E-state index in [1.165, 1.54) is 12.0 Å². The van der Waals surface area contributed by atoms with Gasteiger partial charge in [-0.1, -0.05) is 57.0 Å². The molecule has 0 aromatic heterocycles. The van der Waals surface area contributed by atoms with Gasteiger partial charge in [0.25, 0.3) is 0 Å². The van der Waals surface area contributed by atoms with Gasteiger partial charge in [-0.15, -0.1) is 0 Å². The van der Waals surface area contributed by atoms with Crippen LogP contribution in [-0.2, 0) is 4.79 Å². The fourth-order valence-corrected chi connectivity index (χ4v) is 3.39. The Morgan fingerprint density at radius 2 is 1.90 bits per heavy atom. The SMILES string of the molecule is CC(C)C(NC(=O)C1CCCCC1CN)c1ccccc1. The minimum absolute atomic E-state index is 0.0825. The van der Waals surface area contributed by atoms with Crippen molar-refractivity contribution < 1.29 is 4.79 Å². The Bertz CT molecular complexity index is 444. The molecular weight excluding hydrogens is 260 g/mol. The molecule has 1 saturated carbocycles. The largest absolute Gasteiger partial charge is 0.349 e. The lowest BCUT2D eigenvalue weighted by Gasteiger charge is -2.32. The van der Waals surface area contributed by atoms with Gasteiger partial charge in [-0.05, 0) is 36.8 Å². The molecule has 0 heterocycles. The summed E-state index contributed by atoms with van der Waals surface area (Å²) < 4.78 is 0. The first-order valence-electron chi connectivity index (χ1n) is 8.19. The van der Waals surface area contributed by atoms with Gasteiger partial charge in [0, 0.05) is 5.92 Å². The predicted molar refractivity (Wildman–Crippen MR) is 86.7 cm³/mol. The molecule has 0 saturated heterocycles. The lowest BCUT2D eigenvalue weighted by Crippen LogP contribution is -2.42. The van der Waals surface area contributed by atoms with E-state index in [0.717, 1.165) is 19.3 Å². The van der Waals surface area contributed by atoms with Crippen LogP contribution < -0.4 is 11.1 Å². The van der Waals surface area contributed by atoms with Crippen LogP contribution in [0.25, 0.3) is 0 Å². The normalized spacial score (nSPS) is 23.8. The van der Waals surface area contributed by atoms with Crippen LogP contribution in [0.3, 0.4) is 0 Å². The van der Waals surface area contributed by atoms with E-state index in [9.17, 15) is 4.79 Å². The topological polar surface area (TPSA) is 55.1 Å². The second-order valence-corrected chi connectivity index (χ2v) is 6.53. The third kappa shape index (κ3) is 4.07. The molecule has 1 aromatic carbocycles. The molecule has 0 aliphatic heterocycles. The molecule has 1 fully saturated rings. The molecule has 21 heavy (non-hydrogen) atoms. The minimum Gasteiger partial charge on any atom is -0.349 e. The number of amides is 1. The predicted octanol–water partition coefficient (Wildman–Crippen LogP) is 3.27. The Hall–Kier alpha value is -1.35. The first-order valence-corrected chi connectivity index (χ1v) is 8.19. The van der Waals surface area contributed by atoms with Crippen molar-refractivity contribution >= 4 is 5.91 Å². The number of rotatable bonds is 5. The van der Waals surface area contributed by atoms with E-state index in [4.69, 9.17) is 5.73 Å². The Kier molecular flexibility index (Phi) is 5.80. The highest BCUT2D eigenvalue weighted by molar-refractivity contribution is 5.79. The quantitative estimate of drug-likeness (QED) is 0.873. The maximum atomic E-state index is 12.7. The highest BCUT2D eigenvalue weighted by Crippen LogP contribution is 2.31. The van der Waals surface area contributed by atoms with E-state index in [-0.39, 0.29) is 17.9 Å². The van der Waals surface area contributed by atoms with Crippen LogP contribution in [0.4, 0.5) is 0 Å². The summed E-state index contributed by atoms with van der Waals surface area (Å²) in [7, 11) is 0. The maximum absolute atomic E-state index is 12.7. The molecule has 1 amide bonds. The van der Waals surface area contributed by atoms with Crippen LogP contribution in [0.15, 0.2) is 30.3 Å². The van der Waals surface area contributed by atoms with Gasteiger partial charge < -0.3 is 11.1 Å². The van der Waals surface area contributed by atoms with Gasteiger partial charge in [-0.3, -0.25) is 4.79 Å². The molecule has 0 radical (unpaired) electrons. The summed E-state index contributed by atoms with van der Waals surface area (Å²) in [6, 6.07) is 10.3. The van der Waals surface area contributed by atoms with Crippen molar-refractivity contribution in [3.63, 3.8) is 0 Å². The molecule has 1 aromatic rings. The molecule has 3 nitrogen and oxygen atoms in total. The second-order valence-electron chi connectivity index (χ2n) is 6.53. The highest BCUT2D eigenvalue weighted by Gasteiger charge is 2.31. The van der Waals surface area contributed by atoms with Crippen LogP contribution in [0.2, 0.25) is 0 Å². The van der Waals surface area contributed by atoms with E-state index in [1.807, 2.05) is 18.2 Å². The van der Waals surface area contributed by atoms with Crippen molar-refractivity contribution in [2.45, 2.75) is 45.6 Å². The second kappa shape index (κ2) is 7.60. The van der Waals surface area contributed by atoms with Gasteiger partial charge in [0.1, 0.15) is 0 Å². The third-order valence-electron chi connectivity index (χ3n) is 4.67. The van der Waals surface area contributed by atoms with Gasteiger partial charge in [0.05, 0.1) is 6.04 Å². The van der Waals surface area contributed by atoms with E-state index < -0.39 is 0 Å². The van der Waals surface area contributed by atoms with E-state index in [0.29, 0.717) is 18.4 Å². The Morgan fingerprint density at radius 1 is 1.24 bits per heavy atom. The number of carbonyl (C=O) groups excluding carboxylic acids is 1. The number of benzene rings is 1. The number of nitrogens with one attached hydrogen (secondary N) is 1. The van der Waals surface area contributed by atoms with Crippen molar-refractivity contribution in [3.8, 4) is 0 Å². The van der Waals surface area contributed by atoms with Gasteiger partial charge >= 0.3 is 0 Å². The molecule has 1 aliphatic rings. The highest BCUT2D eigenvalue weighted by atomic mass is 16.2. The standard InChI is InChI=1S/C18H28N2O/c1-13(2)17(14-8-4-3-5-9-14)20-18(21)16-11-7-6-10-15(16)12-19/h3-5,8-9,13,15-17H,6-7,10-12,19H2,1-2H3,(H,20,21). The molecule has 0 bridgehead atoms. The summed E-state index contributed by atoms with van der Waals surface area (Å²) >= 11 is 0. The van der Waals surface area contributed by atoms with Crippen LogP contribution in [0.1, 0.15) is 51.1 Å². The minimum atomic E-state index is 0.0825. The smallest absolute Gasteiger partial charge is 0.223 e. The summed E-state index contributed by atoms with van der Waals surface area (Å²) in [5, 5.41) is 3.27. The van der Waals surface area contributed by atoms with Crippen molar-refractivity contribution in [3.05, 3.63) is 35.9 Å². The molecular formula is C18H28N2O. The van der Waals surface area contributed by atoms with Gasteiger partial charge in [-0.25, -0.2) is 0 Å². The zero-order valence-corrected chi connectivity index (χ0v) is 13.2.